The van der Waals surface area contributed by atoms with Gasteiger partial charge in [-0.2, -0.15) is 0 Å². The molecule has 0 aliphatic rings. The average molecular weight is 290 g/mol. The van der Waals surface area contributed by atoms with E-state index in [1.54, 1.807) is 24.4 Å². The van der Waals surface area contributed by atoms with E-state index in [0.717, 1.165) is 11.3 Å². The Morgan fingerprint density at radius 1 is 1.30 bits per heavy atom. The molecule has 4 heteroatoms. The van der Waals surface area contributed by atoms with Crippen LogP contribution >= 0.6 is 11.6 Å². The molecule has 0 aliphatic heterocycles. The van der Waals surface area contributed by atoms with Gasteiger partial charge in [-0.3, -0.25) is 4.99 Å². The van der Waals surface area contributed by atoms with Crippen LogP contribution < -0.4 is 4.74 Å². The molecule has 0 aromatic heterocycles. The van der Waals surface area contributed by atoms with Crippen molar-refractivity contribution in [2.75, 3.05) is 6.61 Å². The third-order valence-electron chi connectivity index (χ3n) is 2.83. The largest absolute Gasteiger partial charge is 0.504 e. The van der Waals surface area contributed by atoms with Gasteiger partial charge in [-0.05, 0) is 49.7 Å². The van der Waals surface area contributed by atoms with Gasteiger partial charge in [0.25, 0.3) is 0 Å². The number of hydrogen-bond donors (Lipinski definition) is 1. The number of halogens is 1. The van der Waals surface area contributed by atoms with Crippen LogP contribution in [0.3, 0.4) is 0 Å². The second kappa shape index (κ2) is 6.44. The highest BCUT2D eigenvalue weighted by Crippen LogP contribution is 2.29. The molecule has 2 rings (SSSR count). The fourth-order valence-electron chi connectivity index (χ4n) is 1.82. The van der Waals surface area contributed by atoms with Crippen molar-refractivity contribution in [3.63, 3.8) is 0 Å². The predicted molar refractivity (Wildman–Crippen MR) is 82.7 cm³/mol. The molecule has 0 saturated heterocycles. The van der Waals surface area contributed by atoms with Gasteiger partial charge < -0.3 is 9.84 Å². The summed E-state index contributed by atoms with van der Waals surface area (Å²) in [7, 11) is 0. The molecular weight excluding hydrogens is 274 g/mol. The Morgan fingerprint density at radius 3 is 2.80 bits per heavy atom. The van der Waals surface area contributed by atoms with Crippen LogP contribution in [0.25, 0.3) is 0 Å². The summed E-state index contributed by atoms with van der Waals surface area (Å²) in [6, 6.07) is 10.8. The molecule has 0 radical (unpaired) electrons. The minimum Gasteiger partial charge on any atom is -0.504 e. The Labute approximate surface area is 123 Å². The minimum atomic E-state index is 0.102. The van der Waals surface area contributed by atoms with Gasteiger partial charge in [-0.15, -0.1) is 0 Å². The average Bonchev–Trinajstić information content (AvgIpc) is 2.42. The van der Waals surface area contributed by atoms with Crippen LogP contribution in [0.5, 0.6) is 11.5 Å². The van der Waals surface area contributed by atoms with Crippen LogP contribution in [-0.4, -0.2) is 17.9 Å². The summed E-state index contributed by atoms with van der Waals surface area (Å²) in [5, 5.41) is 10.8. The normalized spacial score (nSPS) is 10.9. The lowest BCUT2D eigenvalue weighted by Gasteiger charge is -2.07. The fraction of sp³-hybridized carbons (Fsp3) is 0.188. The maximum atomic E-state index is 10.1. The van der Waals surface area contributed by atoms with Crippen LogP contribution in [0, 0.1) is 6.92 Å². The molecule has 2 aromatic carbocycles. The number of phenols is 1. The van der Waals surface area contributed by atoms with Crippen molar-refractivity contribution < 1.29 is 9.84 Å². The van der Waals surface area contributed by atoms with E-state index in [9.17, 15) is 5.11 Å². The summed E-state index contributed by atoms with van der Waals surface area (Å²) in [5.41, 5.74) is 2.41. The Hall–Kier alpha value is -2.00. The number of benzene rings is 2. The first kappa shape index (κ1) is 14.4. The molecule has 0 amide bonds. The number of aromatic hydroxyl groups is 1. The van der Waals surface area contributed by atoms with E-state index in [1.165, 1.54) is 0 Å². The molecule has 2 aromatic rings. The van der Waals surface area contributed by atoms with E-state index in [0.29, 0.717) is 22.9 Å². The first-order chi connectivity index (χ1) is 9.61. The van der Waals surface area contributed by atoms with Crippen molar-refractivity contribution >= 4 is 23.5 Å². The Balaban J connectivity index is 2.29. The van der Waals surface area contributed by atoms with Crippen LogP contribution in [0.1, 0.15) is 18.1 Å². The molecule has 0 unspecified atom stereocenters. The zero-order valence-corrected chi connectivity index (χ0v) is 12.2. The summed E-state index contributed by atoms with van der Waals surface area (Å²) >= 11 is 5.91. The molecule has 0 aliphatic carbocycles. The minimum absolute atomic E-state index is 0.102. The summed E-state index contributed by atoms with van der Waals surface area (Å²) in [5.74, 6) is 0.564. The molecule has 3 nitrogen and oxygen atoms in total. The predicted octanol–water partition coefficient (Wildman–Crippen LogP) is 4.50. The van der Waals surface area contributed by atoms with E-state index in [1.807, 2.05) is 32.0 Å². The zero-order chi connectivity index (χ0) is 14.5. The van der Waals surface area contributed by atoms with Crippen molar-refractivity contribution in [3.8, 4) is 11.5 Å². The smallest absolute Gasteiger partial charge is 0.166 e. The number of phenolic OH excluding ortho intramolecular Hbond substituents is 1. The van der Waals surface area contributed by atoms with E-state index in [2.05, 4.69) is 4.99 Å². The Kier molecular flexibility index (Phi) is 4.64. The fourth-order valence-corrected chi connectivity index (χ4v) is 2.04. The van der Waals surface area contributed by atoms with Crippen molar-refractivity contribution in [3.05, 3.63) is 52.5 Å². The molecule has 0 saturated carbocycles. The summed E-state index contributed by atoms with van der Waals surface area (Å²) < 4.78 is 5.34. The van der Waals surface area contributed by atoms with Gasteiger partial charge in [-0.25, -0.2) is 0 Å². The first-order valence-electron chi connectivity index (χ1n) is 6.37. The lowest BCUT2D eigenvalue weighted by molar-refractivity contribution is 0.318. The first-order valence-corrected chi connectivity index (χ1v) is 6.74. The summed E-state index contributed by atoms with van der Waals surface area (Å²) in [4.78, 5) is 4.38. The van der Waals surface area contributed by atoms with Crippen LogP contribution in [-0.2, 0) is 0 Å². The topological polar surface area (TPSA) is 41.8 Å². The van der Waals surface area contributed by atoms with Crippen molar-refractivity contribution in [2.24, 2.45) is 4.99 Å². The molecular formula is C16H16ClNO2. The Morgan fingerprint density at radius 2 is 2.10 bits per heavy atom. The number of aryl methyl sites for hydroxylation is 1. The maximum Gasteiger partial charge on any atom is 0.166 e. The number of nitrogens with zero attached hydrogens (tertiary/aromatic N) is 1. The standard InChI is InChI=1S/C16H16ClNO2/c1-3-20-15-6-4-5-12(16(15)19)10-18-14-8-7-13(17)9-11(14)2/h4-10,19H,3H2,1-2H3. The second-order valence-electron chi connectivity index (χ2n) is 4.32. The van der Waals surface area contributed by atoms with E-state index >= 15 is 0 Å². The highest BCUT2D eigenvalue weighted by Gasteiger charge is 2.06. The van der Waals surface area contributed by atoms with Gasteiger partial charge in [0.05, 0.1) is 12.3 Å². The van der Waals surface area contributed by atoms with Crippen molar-refractivity contribution in [1.82, 2.24) is 0 Å². The highest BCUT2D eigenvalue weighted by atomic mass is 35.5. The molecule has 1 N–H and O–H groups in total. The molecule has 0 bridgehead atoms. The molecule has 0 heterocycles. The zero-order valence-electron chi connectivity index (χ0n) is 11.4. The number of hydrogen-bond acceptors (Lipinski definition) is 3. The van der Waals surface area contributed by atoms with Crippen LogP contribution in [0.4, 0.5) is 5.69 Å². The third kappa shape index (κ3) is 3.31. The van der Waals surface area contributed by atoms with Crippen molar-refractivity contribution in [1.29, 1.82) is 0 Å². The Bertz CT molecular complexity index is 638. The maximum absolute atomic E-state index is 10.1. The number of para-hydroxylation sites is 1. The molecule has 20 heavy (non-hydrogen) atoms. The van der Waals surface area contributed by atoms with E-state index in [-0.39, 0.29) is 5.75 Å². The van der Waals surface area contributed by atoms with Crippen molar-refractivity contribution in [2.45, 2.75) is 13.8 Å². The monoisotopic (exact) mass is 289 g/mol. The van der Waals surface area contributed by atoms with Gasteiger partial charge in [-0.1, -0.05) is 17.7 Å². The third-order valence-corrected chi connectivity index (χ3v) is 3.07. The van der Waals surface area contributed by atoms with Gasteiger partial charge in [0.1, 0.15) is 0 Å². The number of rotatable bonds is 4. The summed E-state index contributed by atoms with van der Waals surface area (Å²) in [6.45, 7) is 4.32. The van der Waals surface area contributed by atoms with Gasteiger partial charge in [0.2, 0.25) is 0 Å². The van der Waals surface area contributed by atoms with Gasteiger partial charge in [0.15, 0.2) is 11.5 Å². The molecule has 0 atom stereocenters. The highest BCUT2D eigenvalue weighted by molar-refractivity contribution is 6.30. The van der Waals surface area contributed by atoms with Crippen LogP contribution in [0.15, 0.2) is 41.4 Å². The van der Waals surface area contributed by atoms with E-state index in [4.69, 9.17) is 16.3 Å². The second-order valence-corrected chi connectivity index (χ2v) is 4.75. The lowest BCUT2D eigenvalue weighted by atomic mass is 10.2. The van der Waals surface area contributed by atoms with Gasteiger partial charge >= 0.3 is 0 Å². The SMILES string of the molecule is CCOc1cccc(C=Nc2ccc(Cl)cc2C)c1O. The van der Waals surface area contributed by atoms with Gasteiger partial charge in [0, 0.05) is 16.8 Å². The molecule has 0 fully saturated rings. The van der Waals surface area contributed by atoms with E-state index < -0.39 is 0 Å². The molecule has 0 spiro atoms. The number of aliphatic imine (C=N–C) groups is 1. The molecule has 104 valence electrons. The number of ether oxygens (including phenoxy) is 1. The van der Waals surface area contributed by atoms with Crippen LogP contribution in [0.2, 0.25) is 5.02 Å². The summed E-state index contributed by atoms with van der Waals surface area (Å²) in [6.07, 6.45) is 1.62. The lowest BCUT2D eigenvalue weighted by Crippen LogP contribution is -1.93. The quantitative estimate of drug-likeness (QED) is 0.842.